The zero-order valence-corrected chi connectivity index (χ0v) is 10.7. The summed E-state index contributed by atoms with van der Waals surface area (Å²) in [5, 5.41) is 8.78. The smallest absolute Gasteiger partial charge is 0.0431 e. The molecule has 2 nitrogen and oxygen atoms in total. The number of fused-ring (bicyclic) bond motifs is 1. The Morgan fingerprint density at radius 3 is 2.75 bits per heavy atom. The van der Waals surface area contributed by atoms with Crippen LogP contribution in [0.4, 0.5) is 0 Å². The van der Waals surface area contributed by atoms with Gasteiger partial charge in [-0.2, -0.15) is 0 Å². The van der Waals surface area contributed by atoms with Crippen molar-refractivity contribution < 1.29 is 5.11 Å². The summed E-state index contributed by atoms with van der Waals surface area (Å²) in [7, 11) is 0. The van der Waals surface area contributed by atoms with Gasteiger partial charge in [0.2, 0.25) is 0 Å². The molecule has 2 rings (SSSR count). The molecule has 1 N–H and O–H groups in total. The van der Waals surface area contributed by atoms with Crippen LogP contribution in [0.5, 0.6) is 0 Å². The average Bonchev–Trinajstić information content (AvgIpc) is 2.61. The first-order valence-corrected chi connectivity index (χ1v) is 7.19. The minimum Gasteiger partial charge on any atom is -0.396 e. The quantitative estimate of drug-likeness (QED) is 0.727. The van der Waals surface area contributed by atoms with Gasteiger partial charge in [0.25, 0.3) is 0 Å². The fraction of sp³-hybridized carbons (Fsp3) is 1.00. The van der Waals surface area contributed by atoms with Crippen molar-refractivity contribution in [2.75, 3.05) is 13.2 Å². The Labute approximate surface area is 100 Å². The third kappa shape index (κ3) is 2.78. The maximum absolute atomic E-state index is 8.78. The molecule has 3 atom stereocenters. The lowest BCUT2D eigenvalue weighted by Crippen LogP contribution is -2.38. The molecule has 1 aliphatic heterocycles. The van der Waals surface area contributed by atoms with E-state index in [9.17, 15) is 0 Å². The third-order valence-electron chi connectivity index (χ3n) is 4.58. The van der Waals surface area contributed by atoms with E-state index in [1.54, 1.807) is 0 Å². The summed E-state index contributed by atoms with van der Waals surface area (Å²) < 4.78 is 0. The molecule has 0 aromatic carbocycles. The SMILES string of the molecule is C[C@@H]1C[C@H]2CCCC[C@@H]2N1CCCCCO. The lowest BCUT2D eigenvalue weighted by molar-refractivity contribution is 0.152. The molecule has 0 spiro atoms. The van der Waals surface area contributed by atoms with Gasteiger partial charge in [-0.25, -0.2) is 0 Å². The number of hydrogen-bond donors (Lipinski definition) is 1. The van der Waals surface area contributed by atoms with Crippen LogP contribution in [0, 0.1) is 5.92 Å². The number of rotatable bonds is 5. The molecular formula is C14H27NO. The summed E-state index contributed by atoms with van der Waals surface area (Å²) in [4.78, 5) is 2.77. The summed E-state index contributed by atoms with van der Waals surface area (Å²) in [6, 6.07) is 1.71. The standard InChI is InChI=1S/C14H27NO/c1-12-11-13-7-3-4-8-14(13)15(12)9-5-2-6-10-16/h12-14,16H,2-11H2,1H3/t12-,13-,14+/m1/s1. The van der Waals surface area contributed by atoms with Crippen LogP contribution in [0.3, 0.4) is 0 Å². The molecule has 0 aromatic rings. The van der Waals surface area contributed by atoms with E-state index in [1.807, 2.05) is 0 Å². The van der Waals surface area contributed by atoms with Gasteiger partial charge in [0, 0.05) is 18.7 Å². The molecule has 94 valence electrons. The van der Waals surface area contributed by atoms with Crippen molar-refractivity contribution in [2.45, 2.75) is 70.4 Å². The van der Waals surface area contributed by atoms with Gasteiger partial charge < -0.3 is 5.11 Å². The van der Waals surface area contributed by atoms with E-state index in [4.69, 9.17) is 5.11 Å². The van der Waals surface area contributed by atoms with Crippen LogP contribution >= 0.6 is 0 Å². The first-order chi connectivity index (χ1) is 7.83. The highest BCUT2D eigenvalue weighted by Gasteiger charge is 2.39. The van der Waals surface area contributed by atoms with E-state index >= 15 is 0 Å². The van der Waals surface area contributed by atoms with Crippen LogP contribution in [0.25, 0.3) is 0 Å². The van der Waals surface area contributed by atoms with Gasteiger partial charge in [-0.15, -0.1) is 0 Å². The van der Waals surface area contributed by atoms with E-state index < -0.39 is 0 Å². The summed E-state index contributed by atoms with van der Waals surface area (Å²) in [5.41, 5.74) is 0. The third-order valence-corrected chi connectivity index (χ3v) is 4.58. The number of aliphatic hydroxyl groups excluding tert-OH is 1. The summed E-state index contributed by atoms with van der Waals surface area (Å²) in [5.74, 6) is 1.00. The number of unbranched alkanes of at least 4 members (excludes halogenated alkanes) is 2. The number of hydrogen-bond acceptors (Lipinski definition) is 2. The molecule has 2 aliphatic rings. The van der Waals surface area contributed by atoms with Gasteiger partial charge in [-0.05, 0) is 57.9 Å². The van der Waals surface area contributed by atoms with Crippen LogP contribution in [-0.4, -0.2) is 35.2 Å². The van der Waals surface area contributed by atoms with Gasteiger partial charge in [0.05, 0.1) is 0 Å². The van der Waals surface area contributed by atoms with Crippen LogP contribution < -0.4 is 0 Å². The van der Waals surface area contributed by atoms with E-state index in [2.05, 4.69) is 11.8 Å². The van der Waals surface area contributed by atoms with Crippen molar-refractivity contribution in [1.29, 1.82) is 0 Å². The molecule has 0 bridgehead atoms. The Bertz CT molecular complexity index is 207. The maximum Gasteiger partial charge on any atom is 0.0431 e. The monoisotopic (exact) mass is 225 g/mol. The zero-order valence-electron chi connectivity index (χ0n) is 10.7. The molecule has 1 saturated carbocycles. The molecular weight excluding hydrogens is 198 g/mol. The topological polar surface area (TPSA) is 23.5 Å². The highest BCUT2D eigenvalue weighted by Crippen LogP contribution is 2.39. The highest BCUT2D eigenvalue weighted by molar-refractivity contribution is 4.93. The van der Waals surface area contributed by atoms with E-state index in [0.717, 1.165) is 24.4 Å². The first kappa shape index (κ1) is 12.4. The molecule has 1 heterocycles. The zero-order chi connectivity index (χ0) is 11.4. The van der Waals surface area contributed by atoms with E-state index in [-0.39, 0.29) is 0 Å². The molecule has 1 aliphatic carbocycles. The second-order valence-corrected chi connectivity index (χ2v) is 5.72. The Hall–Kier alpha value is -0.0800. The fourth-order valence-corrected chi connectivity index (χ4v) is 3.77. The molecule has 2 fully saturated rings. The van der Waals surface area contributed by atoms with Crippen molar-refractivity contribution in [3.05, 3.63) is 0 Å². The van der Waals surface area contributed by atoms with E-state index in [1.165, 1.54) is 51.5 Å². The number of nitrogens with zero attached hydrogens (tertiary/aromatic N) is 1. The number of likely N-dealkylation sites (tertiary alicyclic amines) is 1. The minimum atomic E-state index is 0.363. The summed E-state index contributed by atoms with van der Waals surface area (Å²) in [6.45, 7) is 4.04. The molecule has 2 heteroatoms. The van der Waals surface area contributed by atoms with Gasteiger partial charge >= 0.3 is 0 Å². The van der Waals surface area contributed by atoms with Crippen molar-refractivity contribution in [3.63, 3.8) is 0 Å². The average molecular weight is 225 g/mol. The maximum atomic E-state index is 8.78. The van der Waals surface area contributed by atoms with Gasteiger partial charge in [-0.3, -0.25) is 4.90 Å². The second-order valence-electron chi connectivity index (χ2n) is 5.72. The predicted octanol–water partition coefficient (Wildman–Crippen LogP) is 2.80. The molecule has 0 unspecified atom stereocenters. The second kappa shape index (κ2) is 6.02. The van der Waals surface area contributed by atoms with Gasteiger partial charge in [0.15, 0.2) is 0 Å². The van der Waals surface area contributed by atoms with Crippen molar-refractivity contribution in [1.82, 2.24) is 4.90 Å². The van der Waals surface area contributed by atoms with Gasteiger partial charge in [0.1, 0.15) is 0 Å². The molecule has 0 radical (unpaired) electrons. The Morgan fingerprint density at radius 1 is 1.12 bits per heavy atom. The van der Waals surface area contributed by atoms with Crippen molar-refractivity contribution in [3.8, 4) is 0 Å². The largest absolute Gasteiger partial charge is 0.396 e. The summed E-state index contributed by atoms with van der Waals surface area (Å²) >= 11 is 0. The number of aliphatic hydroxyl groups is 1. The van der Waals surface area contributed by atoms with E-state index in [0.29, 0.717) is 6.61 Å². The molecule has 0 amide bonds. The predicted molar refractivity (Wildman–Crippen MR) is 67.5 cm³/mol. The Balaban J connectivity index is 1.78. The summed E-state index contributed by atoms with van der Waals surface area (Å²) in [6.07, 6.45) is 10.7. The lowest BCUT2D eigenvalue weighted by atomic mass is 9.85. The first-order valence-electron chi connectivity index (χ1n) is 7.19. The van der Waals surface area contributed by atoms with Crippen LogP contribution in [0.2, 0.25) is 0 Å². The lowest BCUT2D eigenvalue weighted by Gasteiger charge is -2.33. The van der Waals surface area contributed by atoms with Crippen molar-refractivity contribution >= 4 is 0 Å². The minimum absolute atomic E-state index is 0.363. The highest BCUT2D eigenvalue weighted by atomic mass is 16.2. The van der Waals surface area contributed by atoms with Crippen molar-refractivity contribution in [2.24, 2.45) is 5.92 Å². The normalized spacial score (nSPS) is 35.2. The Morgan fingerprint density at radius 2 is 1.94 bits per heavy atom. The molecule has 16 heavy (non-hydrogen) atoms. The molecule has 0 aromatic heterocycles. The van der Waals surface area contributed by atoms with Crippen LogP contribution in [-0.2, 0) is 0 Å². The van der Waals surface area contributed by atoms with Gasteiger partial charge in [-0.1, -0.05) is 12.8 Å². The van der Waals surface area contributed by atoms with Crippen LogP contribution in [0.15, 0.2) is 0 Å². The van der Waals surface area contributed by atoms with Crippen LogP contribution in [0.1, 0.15) is 58.3 Å². The molecule has 1 saturated heterocycles. The fourth-order valence-electron chi connectivity index (χ4n) is 3.77. The Kier molecular flexibility index (Phi) is 4.66.